The van der Waals surface area contributed by atoms with Crippen molar-refractivity contribution < 1.29 is 19.4 Å². The molecule has 1 aliphatic heterocycles. The zero-order valence-corrected chi connectivity index (χ0v) is 10.5. The molecule has 0 saturated heterocycles. The third-order valence-corrected chi connectivity index (χ3v) is 3.85. The molecule has 0 spiro atoms. The fourth-order valence-electron chi connectivity index (χ4n) is 2.94. The van der Waals surface area contributed by atoms with Gasteiger partial charge in [-0.1, -0.05) is 12.8 Å². The number of hydrogen-bond donors (Lipinski definition) is 1. The number of ether oxygens (including phenoxy) is 2. The number of aliphatic imine (C=N–C) groups is 1. The van der Waals surface area contributed by atoms with Gasteiger partial charge in [-0.15, -0.1) is 0 Å². The lowest BCUT2D eigenvalue weighted by molar-refractivity contribution is 0.170. The van der Waals surface area contributed by atoms with Crippen LogP contribution in [0.3, 0.4) is 0 Å². The van der Waals surface area contributed by atoms with Crippen LogP contribution in [0.2, 0.25) is 0 Å². The van der Waals surface area contributed by atoms with Crippen LogP contribution in [0.5, 0.6) is 17.2 Å². The molecular weight excluding hydrogens is 246 g/mol. The molecule has 1 fully saturated rings. The molecule has 1 heterocycles. The van der Waals surface area contributed by atoms with Crippen molar-refractivity contribution in [1.82, 2.24) is 0 Å². The summed E-state index contributed by atoms with van der Waals surface area (Å²) < 4.78 is 10.9. The van der Waals surface area contributed by atoms with Gasteiger partial charge in [-0.3, -0.25) is 0 Å². The first-order valence-electron chi connectivity index (χ1n) is 6.47. The number of isocyanates is 1. The van der Waals surface area contributed by atoms with E-state index >= 15 is 0 Å². The van der Waals surface area contributed by atoms with Gasteiger partial charge in [0.2, 0.25) is 6.08 Å². The van der Waals surface area contributed by atoms with E-state index in [2.05, 4.69) is 4.99 Å². The molecule has 0 amide bonds. The number of fused-ring (bicyclic) bond motifs is 1. The second-order valence-corrected chi connectivity index (χ2v) is 4.95. The van der Waals surface area contributed by atoms with Crippen LogP contribution in [-0.4, -0.2) is 24.4 Å². The number of carbonyl (C=O) groups excluding carboxylic acids is 1. The molecule has 0 atom stereocenters. The van der Waals surface area contributed by atoms with Gasteiger partial charge in [-0.2, -0.15) is 4.99 Å². The minimum atomic E-state index is -0.651. The molecule has 3 rings (SSSR count). The molecule has 2 aliphatic rings. The van der Waals surface area contributed by atoms with Gasteiger partial charge in [0.05, 0.1) is 0 Å². The number of aromatic hydroxyl groups is 1. The minimum absolute atomic E-state index is 0.102. The standard InChI is InChI=1S/C14H15NO4/c16-9-15-14(3-1-2-4-14)10-7-12-13(8-11(10)17)19-6-5-18-12/h7-8,17H,1-6H2. The van der Waals surface area contributed by atoms with Crippen LogP contribution < -0.4 is 9.47 Å². The van der Waals surface area contributed by atoms with E-state index in [0.29, 0.717) is 30.3 Å². The maximum Gasteiger partial charge on any atom is 0.235 e. The predicted molar refractivity (Wildman–Crippen MR) is 67.4 cm³/mol. The van der Waals surface area contributed by atoms with Crippen molar-refractivity contribution in [2.45, 2.75) is 31.2 Å². The molecule has 5 heteroatoms. The van der Waals surface area contributed by atoms with Crippen LogP contribution in [0.15, 0.2) is 17.1 Å². The average molecular weight is 261 g/mol. The lowest BCUT2D eigenvalue weighted by Gasteiger charge is -2.26. The number of hydrogen-bond acceptors (Lipinski definition) is 5. The van der Waals surface area contributed by atoms with Gasteiger partial charge in [-0.05, 0) is 18.9 Å². The van der Waals surface area contributed by atoms with Crippen molar-refractivity contribution in [2.24, 2.45) is 4.99 Å². The van der Waals surface area contributed by atoms with Crippen LogP contribution in [0, 0.1) is 0 Å². The molecule has 19 heavy (non-hydrogen) atoms. The molecule has 1 aromatic carbocycles. The summed E-state index contributed by atoms with van der Waals surface area (Å²) in [4.78, 5) is 14.7. The fraction of sp³-hybridized carbons (Fsp3) is 0.500. The van der Waals surface area contributed by atoms with Crippen molar-refractivity contribution >= 4 is 6.08 Å². The summed E-state index contributed by atoms with van der Waals surface area (Å²) in [6, 6.07) is 3.29. The molecule has 0 bridgehead atoms. The number of nitrogens with zero attached hydrogens (tertiary/aromatic N) is 1. The zero-order chi connectivity index (χ0) is 13.3. The molecule has 1 aromatic rings. The van der Waals surface area contributed by atoms with Crippen molar-refractivity contribution in [3.8, 4) is 17.2 Å². The van der Waals surface area contributed by atoms with Crippen molar-refractivity contribution in [1.29, 1.82) is 0 Å². The summed E-state index contributed by atoms with van der Waals surface area (Å²) in [6.07, 6.45) is 5.11. The van der Waals surface area contributed by atoms with Gasteiger partial charge in [0.1, 0.15) is 24.5 Å². The number of benzene rings is 1. The van der Waals surface area contributed by atoms with Crippen LogP contribution >= 0.6 is 0 Å². The highest BCUT2D eigenvalue weighted by atomic mass is 16.6. The second kappa shape index (κ2) is 4.59. The summed E-state index contributed by atoms with van der Waals surface area (Å²) in [6.45, 7) is 0.963. The van der Waals surface area contributed by atoms with E-state index in [1.165, 1.54) is 0 Å². The molecule has 5 nitrogen and oxygen atoms in total. The van der Waals surface area contributed by atoms with E-state index in [1.807, 2.05) is 0 Å². The van der Waals surface area contributed by atoms with Crippen LogP contribution in [0.25, 0.3) is 0 Å². The molecule has 0 radical (unpaired) electrons. The summed E-state index contributed by atoms with van der Waals surface area (Å²) in [5, 5.41) is 10.2. The third kappa shape index (κ3) is 1.96. The molecule has 0 unspecified atom stereocenters. The first-order valence-corrected chi connectivity index (χ1v) is 6.47. The Morgan fingerprint density at radius 2 is 1.79 bits per heavy atom. The molecule has 0 aromatic heterocycles. The molecule has 100 valence electrons. The number of phenolic OH excluding ortho intramolecular Hbond substituents is 1. The minimum Gasteiger partial charge on any atom is -0.507 e. The Kier molecular flexibility index (Phi) is 2.91. The van der Waals surface area contributed by atoms with Crippen LogP contribution in [-0.2, 0) is 10.3 Å². The van der Waals surface area contributed by atoms with Crippen LogP contribution in [0.1, 0.15) is 31.2 Å². The van der Waals surface area contributed by atoms with E-state index < -0.39 is 5.54 Å². The van der Waals surface area contributed by atoms with Crippen molar-refractivity contribution in [3.63, 3.8) is 0 Å². The van der Waals surface area contributed by atoms with Gasteiger partial charge in [-0.25, -0.2) is 4.79 Å². The monoisotopic (exact) mass is 261 g/mol. The predicted octanol–water partition coefficient (Wildman–Crippen LogP) is 2.27. The summed E-state index contributed by atoms with van der Waals surface area (Å²) in [5.74, 6) is 1.24. The number of phenols is 1. The maximum atomic E-state index is 10.7. The van der Waals surface area contributed by atoms with Gasteiger partial charge in [0.15, 0.2) is 11.5 Å². The molecular formula is C14H15NO4. The van der Waals surface area contributed by atoms with E-state index in [0.717, 1.165) is 25.7 Å². The van der Waals surface area contributed by atoms with Gasteiger partial charge < -0.3 is 14.6 Å². The zero-order valence-electron chi connectivity index (χ0n) is 10.5. The fourth-order valence-corrected chi connectivity index (χ4v) is 2.94. The lowest BCUT2D eigenvalue weighted by Crippen LogP contribution is -2.21. The average Bonchev–Trinajstić information content (AvgIpc) is 2.88. The molecule has 1 aliphatic carbocycles. The SMILES string of the molecule is O=C=NC1(c2cc3c(cc2O)OCCO3)CCCC1. The Bertz CT molecular complexity index is 543. The lowest BCUT2D eigenvalue weighted by atomic mass is 9.88. The topological polar surface area (TPSA) is 68.1 Å². The molecule has 1 N–H and O–H groups in total. The highest BCUT2D eigenvalue weighted by Crippen LogP contribution is 2.48. The number of rotatable bonds is 2. The summed E-state index contributed by atoms with van der Waals surface area (Å²) >= 11 is 0. The van der Waals surface area contributed by atoms with Crippen molar-refractivity contribution in [2.75, 3.05) is 13.2 Å². The van der Waals surface area contributed by atoms with Gasteiger partial charge >= 0.3 is 0 Å². The normalized spacial score (nSPS) is 19.8. The van der Waals surface area contributed by atoms with Gasteiger partial charge in [0.25, 0.3) is 0 Å². The summed E-state index contributed by atoms with van der Waals surface area (Å²) in [7, 11) is 0. The Hall–Kier alpha value is -2.00. The Morgan fingerprint density at radius 1 is 1.16 bits per heavy atom. The highest BCUT2D eigenvalue weighted by molar-refractivity contribution is 5.54. The van der Waals surface area contributed by atoms with E-state index in [-0.39, 0.29) is 5.75 Å². The highest BCUT2D eigenvalue weighted by Gasteiger charge is 2.38. The smallest absolute Gasteiger partial charge is 0.235 e. The third-order valence-electron chi connectivity index (χ3n) is 3.85. The van der Waals surface area contributed by atoms with Crippen molar-refractivity contribution in [3.05, 3.63) is 17.7 Å². The first-order chi connectivity index (χ1) is 9.25. The maximum absolute atomic E-state index is 10.7. The van der Waals surface area contributed by atoms with E-state index in [4.69, 9.17) is 9.47 Å². The summed E-state index contributed by atoms with van der Waals surface area (Å²) in [5.41, 5.74) is -0.0145. The first kappa shape index (κ1) is 12.1. The largest absolute Gasteiger partial charge is 0.507 e. The van der Waals surface area contributed by atoms with Gasteiger partial charge in [0, 0.05) is 11.6 Å². The van der Waals surface area contributed by atoms with E-state index in [9.17, 15) is 9.90 Å². The second-order valence-electron chi connectivity index (χ2n) is 4.95. The Balaban J connectivity index is 2.10. The Labute approximate surface area is 110 Å². The van der Waals surface area contributed by atoms with E-state index in [1.54, 1.807) is 18.2 Å². The van der Waals surface area contributed by atoms with Crippen LogP contribution in [0.4, 0.5) is 0 Å². The molecule has 1 saturated carbocycles. The Morgan fingerprint density at radius 3 is 2.42 bits per heavy atom. The quantitative estimate of drug-likeness (QED) is 0.655.